The predicted molar refractivity (Wildman–Crippen MR) is 78.9 cm³/mol. The molecule has 0 bridgehead atoms. The lowest BCUT2D eigenvalue weighted by atomic mass is 10.1. The van der Waals surface area contributed by atoms with Crippen molar-refractivity contribution in [2.75, 3.05) is 0 Å². The summed E-state index contributed by atoms with van der Waals surface area (Å²) in [5.74, 6) is 0. The predicted octanol–water partition coefficient (Wildman–Crippen LogP) is 3.99. The Morgan fingerprint density at radius 1 is 1.50 bits per heavy atom. The van der Waals surface area contributed by atoms with Gasteiger partial charge in [0, 0.05) is 28.1 Å². The minimum atomic E-state index is 0.484. The molecule has 1 unspecified atom stereocenters. The van der Waals surface area contributed by atoms with Gasteiger partial charge in [-0.1, -0.05) is 22.0 Å². The van der Waals surface area contributed by atoms with E-state index in [4.69, 9.17) is 0 Å². The van der Waals surface area contributed by atoms with Gasteiger partial charge in [0.1, 0.15) is 5.01 Å². The number of halogens is 1. The lowest BCUT2D eigenvalue weighted by Crippen LogP contribution is -2.18. The lowest BCUT2D eigenvalue weighted by molar-refractivity contribution is 0.529. The van der Waals surface area contributed by atoms with Crippen molar-refractivity contribution >= 4 is 27.3 Å². The normalized spacial score (nSPS) is 18.0. The van der Waals surface area contributed by atoms with Gasteiger partial charge in [-0.3, -0.25) is 0 Å². The first-order chi connectivity index (χ1) is 8.72. The molecule has 1 aromatic heterocycles. The van der Waals surface area contributed by atoms with Crippen LogP contribution in [-0.2, 0) is 13.0 Å². The molecule has 2 aromatic rings. The monoisotopic (exact) mass is 322 g/mol. The van der Waals surface area contributed by atoms with Crippen LogP contribution >= 0.6 is 27.3 Å². The van der Waals surface area contributed by atoms with Crippen LogP contribution < -0.4 is 5.32 Å². The molecule has 0 saturated heterocycles. The van der Waals surface area contributed by atoms with Crippen molar-refractivity contribution in [3.8, 4) is 0 Å². The summed E-state index contributed by atoms with van der Waals surface area (Å²) in [5, 5.41) is 4.80. The fourth-order valence-electron chi connectivity index (χ4n) is 2.49. The molecule has 0 saturated carbocycles. The summed E-state index contributed by atoms with van der Waals surface area (Å²) in [6, 6.07) is 7.09. The fraction of sp³-hybridized carbons (Fsp3) is 0.357. The summed E-state index contributed by atoms with van der Waals surface area (Å²) >= 11 is 5.31. The summed E-state index contributed by atoms with van der Waals surface area (Å²) in [6.45, 7) is 2.97. The maximum atomic E-state index is 4.40. The van der Waals surface area contributed by atoms with E-state index in [0.29, 0.717) is 6.04 Å². The number of benzene rings is 1. The summed E-state index contributed by atoms with van der Waals surface area (Å²) < 4.78 is 1.18. The second-order valence-electron chi connectivity index (χ2n) is 4.68. The number of thiazole rings is 1. The Labute approximate surface area is 120 Å². The summed E-state index contributed by atoms with van der Waals surface area (Å²) in [4.78, 5) is 5.68. The molecule has 0 aliphatic heterocycles. The molecule has 1 heterocycles. The zero-order valence-corrected chi connectivity index (χ0v) is 12.6. The van der Waals surface area contributed by atoms with E-state index < -0.39 is 0 Å². The number of fused-ring (bicyclic) bond motifs is 1. The molecule has 1 atom stereocenters. The quantitative estimate of drug-likeness (QED) is 0.924. The number of hydrogen-bond donors (Lipinski definition) is 1. The SMILES string of the molecule is Cc1cnc(CNC2CCc3cc(Br)ccc32)s1. The molecule has 0 fully saturated rings. The van der Waals surface area contributed by atoms with E-state index in [1.54, 1.807) is 11.3 Å². The number of aromatic nitrogens is 1. The number of nitrogens with one attached hydrogen (secondary N) is 1. The van der Waals surface area contributed by atoms with Crippen molar-refractivity contribution in [2.24, 2.45) is 0 Å². The third-order valence-corrected chi connectivity index (χ3v) is 4.76. The Kier molecular flexibility index (Phi) is 3.50. The number of aryl methyl sites for hydroxylation is 2. The van der Waals surface area contributed by atoms with E-state index in [1.807, 2.05) is 6.20 Å². The third-order valence-electron chi connectivity index (χ3n) is 3.35. The van der Waals surface area contributed by atoms with Crippen molar-refractivity contribution in [2.45, 2.75) is 32.4 Å². The summed E-state index contributed by atoms with van der Waals surface area (Å²) in [6.07, 6.45) is 4.31. The Morgan fingerprint density at radius 3 is 3.17 bits per heavy atom. The van der Waals surface area contributed by atoms with E-state index in [2.05, 4.69) is 51.4 Å². The van der Waals surface area contributed by atoms with E-state index in [0.717, 1.165) is 6.54 Å². The van der Waals surface area contributed by atoms with Crippen LogP contribution in [0.15, 0.2) is 28.9 Å². The third kappa shape index (κ3) is 2.51. The van der Waals surface area contributed by atoms with E-state index in [-0.39, 0.29) is 0 Å². The van der Waals surface area contributed by atoms with Crippen molar-refractivity contribution in [3.63, 3.8) is 0 Å². The highest BCUT2D eigenvalue weighted by Crippen LogP contribution is 2.33. The first kappa shape index (κ1) is 12.3. The van der Waals surface area contributed by atoms with E-state index in [9.17, 15) is 0 Å². The maximum Gasteiger partial charge on any atom is 0.107 e. The smallest absolute Gasteiger partial charge is 0.107 e. The lowest BCUT2D eigenvalue weighted by Gasteiger charge is -2.12. The molecule has 2 nitrogen and oxygen atoms in total. The largest absolute Gasteiger partial charge is 0.304 e. The van der Waals surface area contributed by atoms with Crippen molar-refractivity contribution in [1.29, 1.82) is 0 Å². The van der Waals surface area contributed by atoms with Gasteiger partial charge in [-0.2, -0.15) is 0 Å². The molecule has 1 aliphatic carbocycles. The van der Waals surface area contributed by atoms with Gasteiger partial charge >= 0.3 is 0 Å². The molecule has 18 heavy (non-hydrogen) atoms. The van der Waals surface area contributed by atoms with Crippen LogP contribution in [-0.4, -0.2) is 4.98 Å². The molecular weight excluding hydrogens is 308 g/mol. The molecule has 0 amide bonds. The molecular formula is C14H15BrN2S. The average molecular weight is 323 g/mol. The zero-order chi connectivity index (χ0) is 12.5. The standard InChI is InChI=1S/C14H15BrN2S/c1-9-7-17-14(18-9)8-16-13-5-2-10-6-11(15)3-4-12(10)13/h3-4,6-7,13,16H,2,5,8H2,1H3. The molecule has 3 rings (SSSR count). The second-order valence-corrected chi connectivity index (χ2v) is 6.91. The average Bonchev–Trinajstić information content (AvgIpc) is 2.92. The number of rotatable bonds is 3. The Hall–Kier alpha value is -0.710. The van der Waals surface area contributed by atoms with Crippen LogP contribution in [0, 0.1) is 6.92 Å². The maximum absolute atomic E-state index is 4.40. The van der Waals surface area contributed by atoms with Gasteiger partial charge < -0.3 is 5.32 Å². The Balaban J connectivity index is 1.69. The van der Waals surface area contributed by atoms with Crippen LogP contribution in [0.1, 0.15) is 33.5 Å². The van der Waals surface area contributed by atoms with Crippen LogP contribution in [0.2, 0.25) is 0 Å². The minimum absolute atomic E-state index is 0.484. The molecule has 0 radical (unpaired) electrons. The first-order valence-corrected chi connectivity index (χ1v) is 7.76. The van der Waals surface area contributed by atoms with Crippen molar-refractivity contribution < 1.29 is 0 Å². The van der Waals surface area contributed by atoms with Gasteiger partial charge in [0.2, 0.25) is 0 Å². The van der Waals surface area contributed by atoms with Gasteiger partial charge in [0.05, 0.1) is 0 Å². The summed E-state index contributed by atoms with van der Waals surface area (Å²) in [7, 11) is 0. The highest BCUT2D eigenvalue weighted by molar-refractivity contribution is 9.10. The van der Waals surface area contributed by atoms with Gasteiger partial charge in [0.25, 0.3) is 0 Å². The highest BCUT2D eigenvalue weighted by atomic mass is 79.9. The van der Waals surface area contributed by atoms with Crippen molar-refractivity contribution in [1.82, 2.24) is 10.3 Å². The second kappa shape index (κ2) is 5.11. The molecule has 1 aromatic carbocycles. The molecule has 0 spiro atoms. The number of nitrogens with zero attached hydrogens (tertiary/aromatic N) is 1. The van der Waals surface area contributed by atoms with E-state index >= 15 is 0 Å². The Bertz CT molecular complexity index is 565. The van der Waals surface area contributed by atoms with Crippen LogP contribution in [0.4, 0.5) is 0 Å². The van der Waals surface area contributed by atoms with Gasteiger partial charge in [-0.25, -0.2) is 4.98 Å². The fourth-order valence-corrected chi connectivity index (χ4v) is 3.64. The summed E-state index contributed by atoms with van der Waals surface area (Å²) in [5.41, 5.74) is 2.92. The van der Waals surface area contributed by atoms with Gasteiger partial charge in [-0.05, 0) is 43.0 Å². The Morgan fingerprint density at radius 2 is 2.39 bits per heavy atom. The molecule has 1 aliphatic rings. The number of hydrogen-bond acceptors (Lipinski definition) is 3. The molecule has 94 valence electrons. The van der Waals surface area contributed by atoms with Crippen LogP contribution in [0.25, 0.3) is 0 Å². The molecule has 1 N–H and O–H groups in total. The van der Waals surface area contributed by atoms with Gasteiger partial charge in [0.15, 0.2) is 0 Å². The topological polar surface area (TPSA) is 24.9 Å². The van der Waals surface area contributed by atoms with Crippen molar-refractivity contribution in [3.05, 3.63) is 49.9 Å². The van der Waals surface area contributed by atoms with Gasteiger partial charge in [-0.15, -0.1) is 11.3 Å². The minimum Gasteiger partial charge on any atom is -0.304 e. The van der Waals surface area contributed by atoms with Crippen LogP contribution in [0.3, 0.4) is 0 Å². The molecule has 4 heteroatoms. The highest BCUT2D eigenvalue weighted by Gasteiger charge is 2.22. The van der Waals surface area contributed by atoms with E-state index in [1.165, 1.54) is 38.3 Å². The zero-order valence-electron chi connectivity index (χ0n) is 10.2. The first-order valence-electron chi connectivity index (χ1n) is 6.15. The van der Waals surface area contributed by atoms with Crippen LogP contribution in [0.5, 0.6) is 0 Å².